The number of hydrogen-bond acceptors (Lipinski definition) is 6. The Kier molecular flexibility index (Phi) is 7.06. The molecule has 1 aliphatic rings. The summed E-state index contributed by atoms with van der Waals surface area (Å²) in [6, 6.07) is 8.11. The number of ether oxygens (including phenoxy) is 1. The predicted molar refractivity (Wildman–Crippen MR) is 107 cm³/mol. The van der Waals surface area contributed by atoms with E-state index in [-0.39, 0.29) is 5.91 Å². The number of likely N-dealkylation sites (N-methyl/N-ethyl adjacent to an activating group) is 1. The highest BCUT2D eigenvalue weighted by atomic mass is 16.5. The maximum absolute atomic E-state index is 12.2. The molecule has 0 spiro atoms. The van der Waals surface area contributed by atoms with Gasteiger partial charge in [0.2, 0.25) is 5.89 Å². The molecule has 1 aromatic heterocycles. The van der Waals surface area contributed by atoms with Crippen LogP contribution in [0.1, 0.15) is 34.8 Å². The molecule has 0 unspecified atom stereocenters. The zero-order valence-electron chi connectivity index (χ0n) is 17.0. The van der Waals surface area contributed by atoms with Gasteiger partial charge in [0.05, 0.1) is 13.7 Å². The molecular weight excluding hydrogens is 356 g/mol. The van der Waals surface area contributed by atoms with E-state index in [2.05, 4.69) is 27.3 Å². The number of carbonyl (C=O) groups excluding carboxylic acids is 1. The molecule has 0 aliphatic heterocycles. The van der Waals surface area contributed by atoms with E-state index in [9.17, 15) is 4.79 Å². The molecule has 1 aromatic carbocycles. The van der Waals surface area contributed by atoms with Crippen molar-refractivity contribution in [3.05, 3.63) is 47.7 Å². The third-order valence-electron chi connectivity index (χ3n) is 4.74. The quantitative estimate of drug-likeness (QED) is 0.639. The van der Waals surface area contributed by atoms with Crippen molar-refractivity contribution >= 4 is 5.91 Å². The molecule has 7 heteroatoms. The molecule has 1 N–H and O–H groups in total. The minimum absolute atomic E-state index is 0.196. The molecule has 1 heterocycles. The van der Waals surface area contributed by atoms with Crippen LogP contribution in [0.25, 0.3) is 0 Å². The molecule has 28 heavy (non-hydrogen) atoms. The maximum Gasteiger partial charge on any atom is 0.273 e. The number of aromatic nitrogens is 1. The van der Waals surface area contributed by atoms with E-state index in [1.54, 1.807) is 7.11 Å². The van der Waals surface area contributed by atoms with Crippen molar-refractivity contribution < 1.29 is 13.9 Å². The Labute approximate surface area is 166 Å². The van der Waals surface area contributed by atoms with Crippen LogP contribution >= 0.6 is 0 Å². The van der Waals surface area contributed by atoms with E-state index >= 15 is 0 Å². The number of nitrogens with zero attached hydrogens (tertiary/aromatic N) is 3. The van der Waals surface area contributed by atoms with Crippen LogP contribution in [0.2, 0.25) is 0 Å². The van der Waals surface area contributed by atoms with E-state index in [1.165, 1.54) is 24.7 Å². The Balaban J connectivity index is 1.59. The van der Waals surface area contributed by atoms with Crippen LogP contribution in [0, 0.1) is 5.92 Å². The summed E-state index contributed by atoms with van der Waals surface area (Å²) in [4.78, 5) is 20.9. The fourth-order valence-electron chi connectivity index (χ4n) is 3.04. The van der Waals surface area contributed by atoms with Gasteiger partial charge in [0.1, 0.15) is 12.0 Å². The van der Waals surface area contributed by atoms with Gasteiger partial charge in [-0.15, -0.1) is 0 Å². The van der Waals surface area contributed by atoms with Crippen LogP contribution in [0.15, 0.2) is 34.9 Å². The molecular formula is C21H30N4O3. The molecule has 1 fully saturated rings. The van der Waals surface area contributed by atoms with Gasteiger partial charge in [0, 0.05) is 26.2 Å². The van der Waals surface area contributed by atoms with Crippen molar-refractivity contribution in [2.45, 2.75) is 25.9 Å². The second-order valence-electron chi connectivity index (χ2n) is 7.65. The van der Waals surface area contributed by atoms with E-state index < -0.39 is 0 Å². The first-order valence-electron chi connectivity index (χ1n) is 9.76. The molecule has 0 radical (unpaired) electrons. The molecule has 7 nitrogen and oxygen atoms in total. The van der Waals surface area contributed by atoms with Crippen molar-refractivity contribution in [2.75, 3.05) is 40.8 Å². The van der Waals surface area contributed by atoms with E-state index in [0.717, 1.165) is 31.3 Å². The van der Waals surface area contributed by atoms with E-state index in [4.69, 9.17) is 9.15 Å². The van der Waals surface area contributed by atoms with Gasteiger partial charge in [-0.25, -0.2) is 4.98 Å². The van der Waals surface area contributed by atoms with Gasteiger partial charge in [0.15, 0.2) is 5.69 Å². The first kappa shape index (κ1) is 20.4. The molecule has 1 aliphatic carbocycles. The first-order valence-corrected chi connectivity index (χ1v) is 9.76. The predicted octanol–water partition coefficient (Wildman–Crippen LogP) is 2.39. The smallest absolute Gasteiger partial charge is 0.273 e. The number of rotatable bonds is 11. The topological polar surface area (TPSA) is 70.8 Å². The lowest BCUT2D eigenvalue weighted by atomic mass is 10.2. The molecule has 0 bridgehead atoms. The van der Waals surface area contributed by atoms with E-state index in [0.29, 0.717) is 24.7 Å². The Morgan fingerprint density at radius 1 is 1.32 bits per heavy atom. The zero-order chi connectivity index (χ0) is 19.9. The number of nitrogens with one attached hydrogen (secondary N) is 1. The van der Waals surface area contributed by atoms with Crippen molar-refractivity contribution in [1.82, 2.24) is 20.1 Å². The highest BCUT2D eigenvalue weighted by Gasteiger charge is 2.25. The summed E-state index contributed by atoms with van der Waals surface area (Å²) in [6.07, 6.45) is 4.00. The second kappa shape index (κ2) is 9.71. The van der Waals surface area contributed by atoms with Crippen LogP contribution < -0.4 is 10.1 Å². The number of benzene rings is 1. The first-order chi connectivity index (χ1) is 13.5. The van der Waals surface area contributed by atoms with Crippen molar-refractivity contribution in [1.29, 1.82) is 0 Å². The SMILES string of the molecule is COc1cccc(CN(Cc2nc(C(=O)NCCN(C)C)co2)CC2CC2)c1. The molecule has 0 saturated heterocycles. The zero-order valence-corrected chi connectivity index (χ0v) is 17.0. The molecule has 152 valence electrons. The minimum atomic E-state index is -0.196. The van der Waals surface area contributed by atoms with Crippen molar-refractivity contribution in [3.8, 4) is 5.75 Å². The fraction of sp³-hybridized carbons (Fsp3) is 0.524. The van der Waals surface area contributed by atoms with Gasteiger partial charge < -0.3 is 19.4 Å². The van der Waals surface area contributed by atoms with Gasteiger partial charge in [0.25, 0.3) is 5.91 Å². The monoisotopic (exact) mass is 386 g/mol. The van der Waals surface area contributed by atoms with Crippen LogP contribution in [-0.2, 0) is 13.1 Å². The van der Waals surface area contributed by atoms with E-state index in [1.807, 2.05) is 31.1 Å². The van der Waals surface area contributed by atoms with Crippen molar-refractivity contribution in [3.63, 3.8) is 0 Å². The minimum Gasteiger partial charge on any atom is -0.497 e. The fourth-order valence-corrected chi connectivity index (χ4v) is 3.04. The lowest BCUT2D eigenvalue weighted by molar-refractivity contribution is 0.0946. The Bertz CT molecular complexity index is 771. The third kappa shape index (κ3) is 6.35. The van der Waals surface area contributed by atoms with Crippen LogP contribution in [0.4, 0.5) is 0 Å². The number of amides is 1. The Hall–Kier alpha value is -2.38. The number of carbonyl (C=O) groups is 1. The van der Waals surface area contributed by atoms with Crippen LogP contribution in [0.3, 0.4) is 0 Å². The lowest BCUT2D eigenvalue weighted by Crippen LogP contribution is -2.31. The highest BCUT2D eigenvalue weighted by molar-refractivity contribution is 5.91. The summed E-state index contributed by atoms with van der Waals surface area (Å²) in [5.74, 6) is 1.98. The summed E-state index contributed by atoms with van der Waals surface area (Å²) in [6.45, 7) is 3.74. The van der Waals surface area contributed by atoms with Crippen LogP contribution in [0.5, 0.6) is 5.75 Å². The standard InChI is InChI=1S/C21H30N4O3/c1-24(2)10-9-22-21(26)19-15-28-20(23-19)14-25(12-16-7-8-16)13-17-5-4-6-18(11-17)27-3/h4-6,11,15-16H,7-10,12-14H2,1-3H3,(H,22,26). The molecule has 2 aromatic rings. The molecule has 0 atom stereocenters. The second-order valence-corrected chi connectivity index (χ2v) is 7.65. The normalized spacial score (nSPS) is 13.9. The van der Waals surface area contributed by atoms with Gasteiger partial charge in [-0.3, -0.25) is 9.69 Å². The number of hydrogen-bond donors (Lipinski definition) is 1. The summed E-state index contributed by atoms with van der Waals surface area (Å²) in [5, 5.41) is 2.86. The molecule has 1 saturated carbocycles. The average Bonchev–Trinajstić information content (AvgIpc) is 3.36. The Morgan fingerprint density at radius 3 is 2.86 bits per heavy atom. The molecule has 1 amide bonds. The summed E-state index contributed by atoms with van der Waals surface area (Å²) in [5.41, 5.74) is 1.52. The van der Waals surface area contributed by atoms with Crippen LogP contribution in [-0.4, -0.2) is 61.5 Å². The van der Waals surface area contributed by atoms with Gasteiger partial charge >= 0.3 is 0 Å². The summed E-state index contributed by atoms with van der Waals surface area (Å²) in [7, 11) is 5.62. The average molecular weight is 386 g/mol. The van der Waals surface area contributed by atoms with Gasteiger partial charge in [-0.05, 0) is 50.6 Å². The number of methoxy groups -OCH3 is 1. The summed E-state index contributed by atoms with van der Waals surface area (Å²) >= 11 is 0. The third-order valence-corrected chi connectivity index (χ3v) is 4.74. The number of oxazole rings is 1. The largest absolute Gasteiger partial charge is 0.497 e. The lowest BCUT2D eigenvalue weighted by Gasteiger charge is -2.21. The molecule has 3 rings (SSSR count). The van der Waals surface area contributed by atoms with Gasteiger partial charge in [-0.2, -0.15) is 0 Å². The Morgan fingerprint density at radius 2 is 2.14 bits per heavy atom. The highest BCUT2D eigenvalue weighted by Crippen LogP contribution is 2.31. The van der Waals surface area contributed by atoms with Gasteiger partial charge in [-0.1, -0.05) is 12.1 Å². The van der Waals surface area contributed by atoms with Crippen molar-refractivity contribution in [2.24, 2.45) is 5.92 Å². The summed E-state index contributed by atoms with van der Waals surface area (Å²) < 4.78 is 10.9. The maximum atomic E-state index is 12.2.